The molecule has 2 amide bonds. The average molecular weight is 372 g/mol. The number of hydrogen-bond acceptors (Lipinski definition) is 5. The second-order valence-corrected chi connectivity index (χ2v) is 7.28. The van der Waals surface area contributed by atoms with Gasteiger partial charge in [0.15, 0.2) is 5.16 Å². The first-order valence-electron chi connectivity index (χ1n) is 8.38. The molecule has 0 bridgehead atoms. The summed E-state index contributed by atoms with van der Waals surface area (Å²) in [4.78, 5) is 32.0. The van der Waals surface area contributed by atoms with Crippen molar-refractivity contribution in [2.45, 2.75) is 45.7 Å². The zero-order valence-electron chi connectivity index (χ0n) is 15.5. The van der Waals surface area contributed by atoms with Crippen molar-refractivity contribution in [3.8, 4) is 0 Å². The van der Waals surface area contributed by atoms with Gasteiger partial charge in [0.1, 0.15) is 0 Å². The molecule has 0 aliphatic carbocycles. The maximum absolute atomic E-state index is 12.3. The highest BCUT2D eigenvalue weighted by Gasteiger charge is 2.12. The zero-order valence-corrected chi connectivity index (χ0v) is 16.4. The summed E-state index contributed by atoms with van der Waals surface area (Å²) in [5, 5.41) is 3.47. The summed E-state index contributed by atoms with van der Waals surface area (Å²) in [7, 11) is 0. The summed E-state index contributed by atoms with van der Waals surface area (Å²) in [6.07, 6.45) is 0.918. The van der Waals surface area contributed by atoms with Crippen molar-refractivity contribution in [1.82, 2.24) is 9.97 Å². The molecule has 1 aromatic carbocycles. The first-order valence-corrected chi connectivity index (χ1v) is 9.36. The van der Waals surface area contributed by atoms with Crippen molar-refractivity contribution in [1.29, 1.82) is 0 Å². The van der Waals surface area contributed by atoms with E-state index >= 15 is 0 Å². The molecule has 6 nitrogen and oxygen atoms in total. The van der Waals surface area contributed by atoms with Gasteiger partial charge < -0.3 is 11.1 Å². The summed E-state index contributed by atoms with van der Waals surface area (Å²) in [5.74, 6) is -0.293. The van der Waals surface area contributed by atoms with E-state index in [0.717, 1.165) is 33.8 Å². The second kappa shape index (κ2) is 8.80. The van der Waals surface area contributed by atoms with Crippen LogP contribution in [0.4, 0.5) is 5.69 Å². The number of aromatic nitrogens is 2. The Morgan fingerprint density at radius 3 is 2.15 bits per heavy atom. The summed E-state index contributed by atoms with van der Waals surface area (Å²) < 4.78 is 0. The Kier molecular flexibility index (Phi) is 6.74. The molecule has 26 heavy (non-hydrogen) atoms. The quantitative estimate of drug-likeness (QED) is 0.575. The normalized spacial score (nSPS) is 10.6. The van der Waals surface area contributed by atoms with E-state index in [-0.39, 0.29) is 11.7 Å². The van der Waals surface area contributed by atoms with Gasteiger partial charge in [-0.05, 0) is 62.9 Å². The predicted molar refractivity (Wildman–Crippen MR) is 104 cm³/mol. The topological polar surface area (TPSA) is 98.0 Å². The van der Waals surface area contributed by atoms with Crippen LogP contribution in [0.1, 0.15) is 34.5 Å². The van der Waals surface area contributed by atoms with Crippen molar-refractivity contribution in [3.05, 3.63) is 46.3 Å². The molecule has 1 aromatic heterocycles. The van der Waals surface area contributed by atoms with Gasteiger partial charge in [0, 0.05) is 23.5 Å². The molecule has 0 saturated heterocycles. The van der Waals surface area contributed by atoms with E-state index < -0.39 is 5.91 Å². The van der Waals surface area contributed by atoms with E-state index in [1.54, 1.807) is 0 Å². The van der Waals surface area contributed by atoms with Gasteiger partial charge in [-0.25, -0.2) is 9.97 Å². The zero-order chi connectivity index (χ0) is 19.3. The highest BCUT2D eigenvalue weighted by atomic mass is 32.2. The molecule has 3 N–H and O–H groups in total. The van der Waals surface area contributed by atoms with Gasteiger partial charge in [-0.1, -0.05) is 17.8 Å². The Labute approximate surface area is 158 Å². The summed E-state index contributed by atoms with van der Waals surface area (Å²) in [6.45, 7) is 7.79. The average Bonchev–Trinajstić information content (AvgIpc) is 2.51. The number of benzene rings is 1. The minimum Gasteiger partial charge on any atom is -0.369 e. The SMILES string of the molecule is Cc1cc(C)cc(NC(=O)CCc2c(C)nc(SCC(N)=O)nc2C)c1. The van der Waals surface area contributed by atoms with Crippen LogP contribution in [0.3, 0.4) is 0 Å². The summed E-state index contributed by atoms with van der Waals surface area (Å²) in [5.41, 5.74) is 10.8. The van der Waals surface area contributed by atoms with Gasteiger partial charge >= 0.3 is 0 Å². The van der Waals surface area contributed by atoms with Crippen LogP contribution in [0, 0.1) is 27.7 Å². The molecule has 0 spiro atoms. The van der Waals surface area contributed by atoms with Gasteiger partial charge in [0.05, 0.1) is 5.75 Å². The Hall–Kier alpha value is -2.41. The molecule has 2 aromatic rings. The third kappa shape index (κ3) is 5.84. The lowest BCUT2D eigenvalue weighted by molar-refractivity contribution is -0.116. The lowest BCUT2D eigenvalue weighted by Gasteiger charge is -2.11. The van der Waals surface area contributed by atoms with E-state index in [1.807, 2.05) is 39.8 Å². The third-order valence-corrected chi connectivity index (χ3v) is 4.72. The molecule has 138 valence electrons. The molecular formula is C19H24N4O2S. The van der Waals surface area contributed by atoms with Crippen LogP contribution in [0.25, 0.3) is 0 Å². The van der Waals surface area contributed by atoms with E-state index in [1.165, 1.54) is 11.8 Å². The number of nitrogens with two attached hydrogens (primary N) is 1. The molecule has 2 rings (SSSR count). The van der Waals surface area contributed by atoms with Gasteiger partial charge in [0.25, 0.3) is 0 Å². The molecule has 0 radical (unpaired) electrons. The largest absolute Gasteiger partial charge is 0.369 e. The number of carbonyl (C=O) groups excluding carboxylic acids is 2. The number of hydrogen-bond donors (Lipinski definition) is 2. The van der Waals surface area contributed by atoms with E-state index in [9.17, 15) is 9.59 Å². The smallest absolute Gasteiger partial charge is 0.227 e. The van der Waals surface area contributed by atoms with Gasteiger partial charge in [0.2, 0.25) is 11.8 Å². The lowest BCUT2D eigenvalue weighted by Crippen LogP contribution is -2.15. The number of thioether (sulfide) groups is 1. The van der Waals surface area contributed by atoms with Gasteiger partial charge in [-0.2, -0.15) is 0 Å². The molecule has 7 heteroatoms. The Balaban J connectivity index is 1.99. The van der Waals surface area contributed by atoms with E-state index in [2.05, 4.69) is 21.4 Å². The minimum absolute atomic E-state index is 0.0408. The number of carbonyl (C=O) groups is 2. The van der Waals surface area contributed by atoms with Gasteiger partial charge in [-0.3, -0.25) is 9.59 Å². The van der Waals surface area contributed by atoms with Crippen LogP contribution in [0.15, 0.2) is 23.4 Å². The summed E-state index contributed by atoms with van der Waals surface area (Å²) >= 11 is 1.22. The highest BCUT2D eigenvalue weighted by Crippen LogP contribution is 2.19. The van der Waals surface area contributed by atoms with Crippen molar-refractivity contribution in [2.24, 2.45) is 5.73 Å². The van der Waals surface area contributed by atoms with Gasteiger partial charge in [-0.15, -0.1) is 0 Å². The van der Waals surface area contributed by atoms with Crippen molar-refractivity contribution < 1.29 is 9.59 Å². The van der Waals surface area contributed by atoms with Crippen LogP contribution < -0.4 is 11.1 Å². The molecule has 1 heterocycles. The van der Waals surface area contributed by atoms with Crippen LogP contribution in [-0.2, 0) is 16.0 Å². The Bertz CT molecular complexity index is 793. The molecular weight excluding hydrogens is 348 g/mol. The van der Waals surface area contributed by atoms with Crippen molar-refractivity contribution >= 4 is 29.3 Å². The Morgan fingerprint density at radius 1 is 1.04 bits per heavy atom. The third-order valence-electron chi connectivity index (χ3n) is 3.85. The maximum atomic E-state index is 12.3. The second-order valence-electron chi connectivity index (χ2n) is 6.34. The fourth-order valence-corrected chi connectivity index (χ4v) is 3.45. The van der Waals surface area contributed by atoms with Crippen molar-refractivity contribution in [3.63, 3.8) is 0 Å². The number of aryl methyl sites for hydroxylation is 4. The number of nitrogens with one attached hydrogen (secondary N) is 1. The number of nitrogens with zero attached hydrogens (tertiary/aromatic N) is 2. The highest BCUT2D eigenvalue weighted by molar-refractivity contribution is 7.99. The molecule has 0 saturated carbocycles. The molecule has 0 atom stereocenters. The van der Waals surface area contributed by atoms with E-state index in [0.29, 0.717) is 18.0 Å². The first kappa shape index (κ1) is 19.9. The molecule has 0 aliphatic heterocycles. The predicted octanol–water partition coefficient (Wildman–Crippen LogP) is 2.86. The molecule has 0 unspecified atom stereocenters. The van der Waals surface area contributed by atoms with Crippen LogP contribution in [0.5, 0.6) is 0 Å². The lowest BCUT2D eigenvalue weighted by atomic mass is 10.1. The fraction of sp³-hybridized carbons (Fsp3) is 0.368. The minimum atomic E-state index is -0.402. The number of amides is 2. The van der Waals surface area contributed by atoms with E-state index in [4.69, 9.17) is 5.73 Å². The molecule has 0 fully saturated rings. The van der Waals surface area contributed by atoms with Crippen LogP contribution in [0.2, 0.25) is 0 Å². The number of primary amides is 1. The van der Waals surface area contributed by atoms with Crippen LogP contribution >= 0.6 is 11.8 Å². The van der Waals surface area contributed by atoms with Crippen molar-refractivity contribution in [2.75, 3.05) is 11.1 Å². The summed E-state index contributed by atoms with van der Waals surface area (Å²) in [6, 6.07) is 5.97. The van der Waals surface area contributed by atoms with Crippen LogP contribution in [-0.4, -0.2) is 27.5 Å². The fourth-order valence-electron chi connectivity index (χ4n) is 2.78. The Morgan fingerprint density at radius 2 is 1.62 bits per heavy atom. The first-order chi connectivity index (χ1) is 12.2. The number of anilines is 1. The monoisotopic (exact) mass is 372 g/mol. The standard InChI is InChI=1S/C19H24N4O2S/c1-11-7-12(2)9-15(8-11)23-18(25)6-5-16-13(3)21-19(22-14(16)4)26-10-17(20)24/h7-9H,5-6,10H2,1-4H3,(H2,20,24)(H,23,25). The maximum Gasteiger partial charge on any atom is 0.227 e. The molecule has 0 aliphatic rings. The number of rotatable bonds is 7.